The first-order valence-electron chi connectivity index (χ1n) is 5.98. The molecule has 0 N–H and O–H groups in total. The molecule has 1 fully saturated rings. The molecule has 0 aliphatic carbocycles. The van der Waals surface area contributed by atoms with Crippen molar-refractivity contribution in [3.05, 3.63) is 11.6 Å². The Morgan fingerprint density at radius 3 is 2.71 bits per heavy atom. The highest BCUT2D eigenvalue weighted by molar-refractivity contribution is 5.87. The zero-order valence-corrected chi connectivity index (χ0v) is 11.0. The molecule has 1 saturated heterocycles. The molecule has 1 amide bonds. The highest BCUT2D eigenvalue weighted by atomic mass is 16.5. The molecule has 1 aliphatic rings. The lowest BCUT2D eigenvalue weighted by molar-refractivity contribution is -0.136. The van der Waals surface area contributed by atoms with Crippen LogP contribution in [0.15, 0.2) is 11.6 Å². The van der Waals surface area contributed by atoms with Crippen molar-refractivity contribution in [1.29, 1.82) is 0 Å². The number of amides is 1. The minimum Gasteiger partial charge on any atom is -0.466 e. The summed E-state index contributed by atoms with van der Waals surface area (Å²) in [6.45, 7) is 7.27. The average Bonchev–Trinajstić information content (AvgIpc) is 2.66. The monoisotopic (exact) mass is 239 g/mol. The Bertz CT molecular complexity index is 334. The second kappa shape index (κ2) is 5.84. The van der Waals surface area contributed by atoms with Gasteiger partial charge in [-0.15, -0.1) is 0 Å². The molecular weight excluding hydrogens is 218 g/mol. The van der Waals surface area contributed by atoms with E-state index < -0.39 is 0 Å². The van der Waals surface area contributed by atoms with E-state index in [4.69, 9.17) is 0 Å². The molecule has 0 aromatic carbocycles. The van der Waals surface area contributed by atoms with Crippen LogP contribution in [0.1, 0.15) is 27.2 Å². The number of methoxy groups -OCH3 is 1. The Kier molecular flexibility index (Phi) is 4.73. The summed E-state index contributed by atoms with van der Waals surface area (Å²) in [5.74, 6) is 0.804. The Labute approximate surface area is 103 Å². The van der Waals surface area contributed by atoms with Crippen LogP contribution in [0.25, 0.3) is 0 Å². The molecule has 0 spiro atoms. The van der Waals surface area contributed by atoms with Gasteiger partial charge in [-0.2, -0.15) is 0 Å². The second-order valence-electron chi connectivity index (χ2n) is 4.89. The zero-order valence-electron chi connectivity index (χ0n) is 11.0. The van der Waals surface area contributed by atoms with Crippen molar-refractivity contribution in [3.8, 4) is 0 Å². The van der Waals surface area contributed by atoms with Crippen LogP contribution < -0.4 is 0 Å². The smallest absolute Gasteiger partial charge is 0.333 e. The van der Waals surface area contributed by atoms with Gasteiger partial charge in [-0.05, 0) is 18.8 Å². The minimum atomic E-state index is -0.336. The van der Waals surface area contributed by atoms with Crippen LogP contribution in [0.3, 0.4) is 0 Å². The number of ether oxygens (including phenoxy) is 1. The van der Waals surface area contributed by atoms with Gasteiger partial charge in [-0.3, -0.25) is 4.79 Å². The van der Waals surface area contributed by atoms with Gasteiger partial charge in [0.2, 0.25) is 5.91 Å². The normalized spacial score (nSPS) is 21.2. The molecular formula is C13H21NO3. The molecule has 1 rings (SSSR count). The van der Waals surface area contributed by atoms with Crippen molar-refractivity contribution in [1.82, 2.24) is 4.90 Å². The number of carbonyl (C=O) groups excluding carboxylic acids is 2. The minimum absolute atomic E-state index is 0.178. The van der Waals surface area contributed by atoms with E-state index in [-0.39, 0.29) is 11.9 Å². The van der Waals surface area contributed by atoms with Gasteiger partial charge >= 0.3 is 5.97 Å². The number of rotatable bonds is 4. The van der Waals surface area contributed by atoms with E-state index in [1.54, 1.807) is 17.9 Å². The maximum atomic E-state index is 11.7. The molecule has 0 aromatic heterocycles. The van der Waals surface area contributed by atoms with Crippen LogP contribution >= 0.6 is 0 Å². The van der Waals surface area contributed by atoms with Gasteiger partial charge in [0.05, 0.1) is 7.11 Å². The highest BCUT2D eigenvalue weighted by Crippen LogP contribution is 2.24. The first kappa shape index (κ1) is 13.7. The fourth-order valence-electron chi connectivity index (χ4n) is 1.92. The maximum Gasteiger partial charge on any atom is 0.333 e. The Hall–Kier alpha value is -1.32. The van der Waals surface area contributed by atoms with Crippen LogP contribution in [-0.4, -0.2) is 37.0 Å². The van der Waals surface area contributed by atoms with Crippen LogP contribution in [0.2, 0.25) is 0 Å². The Balaban J connectivity index is 2.54. The van der Waals surface area contributed by atoms with Crippen molar-refractivity contribution in [3.63, 3.8) is 0 Å². The third-order valence-corrected chi connectivity index (χ3v) is 3.31. The quantitative estimate of drug-likeness (QED) is 0.553. The van der Waals surface area contributed by atoms with Gasteiger partial charge in [0.15, 0.2) is 0 Å². The number of nitrogens with zero attached hydrogens (tertiary/aromatic N) is 1. The van der Waals surface area contributed by atoms with Crippen LogP contribution in [-0.2, 0) is 14.3 Å². The molecule has 1 heterocycles. The molecule has 96 valence electrons. The summed E-state index contributed by atoms with van der Waals surface area (Å²) >= 11 is 0. The van der Waals surface area contributed by atoms with Crippen molar-refractivity contribution in [2.45, 2.75) is 27.2 Å². The molecule has 0 radical (unpaired) electrons. The SMILES string of the molecule is COC(=O)C(C)=CCN1CC(C(C)C)CC1=O. The highest BCUT2D eigenvalue weighted by Gasteiger charge is 2.30. The predicted octanol–water partition coefficient (Wildman–Crippen LogP) is 1.61. The number of hydrogen-bond donors (Lipinski definition) is 0. The van der Waals surface area contributed by atoms with E-state index in [0.717, 1.165) is 6.54 Å². The molecule has 0 aromatic rings. The van der Waals surface area contributed by atoms with Crippen LogP contribution in [0, 0.1) is 11.8 Å². The molecule has 4 nitrogen and oxygen atoms in total. The van der Waals surface area contributed by atoms with E-state index in [9.17, 15) is 9.59 Å². The van der Waals surface area contributed by atoms with Gasteiger partial charge in [-0.25, -0.2) is 4.79 Å². The first-order valence-corrected chi connectivity index (χ1v) is 5.98. The molecule has 17 heavy (non-hydrogen) atoms. The summed E-state index contributed by atoms with van der Waals surface area (Å²) in [6, 6.07) is 0. The number of carbonyl (C=O) groups is 2. The Morgan fingerprint density at radius 2 is 2.24 bits per heavy atom. The maximum absolute atomic E-state index is 11.7. The van der Waals surface area contributed by atoms with Crippen molar-refractivity contribution in [2.24, 2.45) is 11.8 Å². The lowest BCUT2D eigenvalue weighted by Gasteiger charge is -2.16. The molecule has 4 heteroatoms. The van der Waals surface area contributed by atoms with E-state index >= 15 is 0 Å². The lowest BCUT2D eigenvalue weighted by Crippen LogP contribution is -2.26. The molecule has 1 unspecified atom stereocenters. The van der Waals surface area contributed by atoms with E-state index in [2.05, 4.69) is 18.6 Å². The standard InChI is InChI=1S/C13H21NO3/c1-9(2)11-7-12(15)14(8-11)6-5-10(3)13(16)17-4/h5,9,11H,6-8H2,1-4H3. The van der Waals surface area contributed by atoms with Gasteiger partial charge in [-0.1, -0.05) is 19.9 Å². The van der Waals surface area contributed by atoms with Gasteiger partial charge in [0.25, 0.3) is 0 Å². The van der Waals surface area contributed by atoms with Crippen molar-refractivity contribution >= 4 is 11.9 Å². The largest absolute Gasteiger partial charge is 0.466 e. The van der Waals surface area contributed by atoms with Gasteiger partial charge < -0.3 is 9.64 Å². The van der Waals surface area contributed by atoms with E-state index in [1.807, 2.05) is 0 Å². The van der Waals surface area contributed by atoms with E-state index in [0.29, 0.717) is 30.4 Å². The van der Waals surface area contributed by atoms with Crippen LogP contribution in [0.4, 0.5) is 0 Å². The number of likely N-dealkylation sites (tertiary alicyclic amines) is 1. The van der Waals surface area contributed by atoms with Crippen LogP contribution in [0.5, 0.6) is 0 Å². The number of esters is 1. The summed E-state index contributed by atoms with van der Waals surface area (Å²) in [5, 5.41) is 0. The fourth-order valence-corrected chi connectivity index (χ4v) is 1.92. The summed E-state index contributed by atoms with van der Waals surface area (Å²) in [5.41, 5.74) is 0.549. The summed E-state index contributed by atoms with van der Waals surface area (Å²) < 4.78 is 4.60. The van der Waals surface area contributed by atoms with Gasteiger partial charge in [0.1, 0.15) is 0 Å². The summed E-state index contributed by atoms with van der Waals surface area (Å²) in [4.78, 5) is 24.7. The molecule has 1 aliphatic heterocycles. The average molecular weight is 239 g/mol. The molecule has 0 saturated carbocycles. The number of hydrogen-bond acceptors (Lipinski definition) is 3. The topological polar surface area (TPSA) is 46.6 Å². The fraction of sp³-hybridized carbons (Fsp3) is 0.692. The third-order valence-electron chi connectivity index (χ3n) is 3.31. The first-order chi connectivity index (χ1) is 7.95. The summed E-state index contributed by atoms with van der Waals surface area (Å²) in [7, 11) is 1.36. The zero-order chi connectivity index (χ0) is 13.0. The second-order valence-corrected chi connectivity index (χ2v) is 4.89. The predicted molar refractivity (Wildman–Crippen MR) is 65.3 cm³/mol. The molecule has 0 bridgehead atoms. The summed E-state index contributed by atoms with van der Waals surface area (Å²) in [6.07, 6.45) is 2.38. The third kappa shape index (κ3) is 3.58. The van der Waals surface area contributed by atoms with Crippen molar-refractivity contribution in [2.75, 3.05) is 20.2 Å². The van der Waals surface area contributed by atoms with E-state index in [1.165, 1.54) is 7.11 Å². The van der Waals surface area contributed by atoms with Crippen molar-refractivity contribution < 1.29 is 14.3 Å². The Morgan fingerprint density at radius 1 is 1.59 bits per heavy atom. The van der Waals surface area contributed by atoms with Gasteiger partial charge in [0, 0.05) is 25.1 Å². The molecule has 1 atom stereocenters. The lowest BCUT2D eigenvalue weighted by atomic mass is 9.95.